The normalized spacial score (nSPS) is 14.9. The Morgan fingerprint density at radius 1 is 1.29 bits per heavy atom. The van der Waals surface area contributed by atoms with Crippen LogP contribution in [0, 0.1) is 13.8 Å². The summed E-state index contributed by atoms with van der Waals surface area (Å²) in [6, 6.07) is 5.83. The van der Waals surface area contributed by atoms with Gasteiger partial charge < -0.3 is 16.0 Å². The van der Waals surface area contributed by atoms with Crippen molar-refractivity contribution in [3.05, 3.63) is 29.3 Å². The van der Waals surface area contributed by atoms with Crippen molar-refractivity contribution < 1.29 is 9.59 Å². The molecule has 0 spiro atoms. The lowest BCUT2D eigenvalue weighted by Crippen LogP contribution is -2.46. The number of benzene rings is 1. The number of carbonyl (C=O) groups is 2. The van der Waals surface area contributed by atoms with Crippen LogP contribution in [0.3, 0.4) is 0 Å². The fraction of sp³-hybridized carbons (Fsp3) is 0.467. The minimum atomic E-state index is -0.729. The number of nitrogens with zero attached hydrogens (tertiary/aromatic N) is 1. The van der Waals surface area contributed by atoms with Crippen molar-refractivity contribution in [1.29, 1.82) is 0 Å². The van der Waals surface area contributed by atoms with E-state index in [1.54, 1.807) is 7.05 Å². The van der Waals surface area contributed by atoms with Crippen LogP contribution >= 0.6 is 12.4 Å². The molecule has 5 nitrogen and oxygen atoms in total. The molecule has 1 saturated carbocycles. The molecule has 2 amide bonds. The van der Waals surface area contributed by atoms with Crippen molar-refractivity contribution in [2.45, 2.75) is 32.2 Å². The highest BCUT2D eigenvalue weighted by molar-refractivity contribution is 5.97. The predicted molar refractivity (Wildman–Crippen MR) is 85.6 cm³/mol. The summed E-state index contributed by atoms with van der Waals surface area (Å²) in [5.41, 5.74) is 7.94. The predicted octanol–water partition coefficient (Wildman–Crippen LogP) is 1.61. The zero-order valence-corrected chi connectivity index (χ0v) is 13.4. The second kappa shape index (κ2) is 6.45. The number of likely N-dealkylation sites (N-methyl/N-ethyl adjacent to an activating group) is 1. The van der Waals surface area contributed by atoms with Crippen molar-refractivity contribution >= 4 is 29.9 Å². The minimum Gasteiger partial charge on any atom is -0.335 e. The Kier molecular flexibility index (Phi) is 5.36. The van der Waals surface area contributed by atoms with E-state index in [0.29, 0.717) is 12.8 Å². The second-order valence-corrected chi connectivity index (χ2v) is 5.63. The first-order valence-corrected chi connectivity index (χ1v) is 6.74. The third-order valence-electron chi connectivity index (χ3n) is 3.69. The number of carbonyl (C=O) groups excluding carboxylic acids is 2. The van der Waals surface area contributed by atoms with Crippen LogP contribution < -0.4 is 11.1 Å². The number of nitrogens with one attached hydrogen (secondary N) is 1. The maximum Gasteiger partial charge on any atom is 0.243 e. The van der Waals surface area contributed by atoms with Gasteiger partial charge in [0.15, 0.2) is 0 Å². The summed E-state index contributed by atoms with van der Waals surface area (Å²) < 4.78 is 0. The van der Waals surface area contributed by atoms with Crippen LogP contribution in [0.25, 0.3) is 0 Å². The average Bonchev–Trinajstić information content (AvgIpc) is 3.12. The molecule has 1 aliphatic carbocycles. The molecule has 1 aliphatic rings. The number of para-hydroxylation sites is 1. The first kappa shape index (κ1) is 17.5. The third-order valence-corrected chi connectivity index (χ3v) is 3.69. The highest BCUT2D eigenvalue weighted by Crippen LogP contribution is 2.33. The van der Waals surface area contributed by atoms with Gasteiger partial charge in [-0.05, 0) is 37.8 Å². The summed E-state index contributed by atoms with van der Waals surface area (Å²) in [6.45, 7) is 3.90. The summed E-state index contributed by atoms with van der Waals surface area (Å²) in [5, 5.41) is 2.86. The van der Waals surface area contributed by atoms with Crippen molar-refractivity contribution in [3.8, 4) is 0 Å². The monoisotopic (exact) mass is 311 g/mol. The molecule has 0 radical (unpaired) electrons. The summed E-state index contributed by atoms with van der Waals surface area (Å²) >= 11 is 0. The zero-order chi connectivity index (χ0) is 14.9. The number of aryl methyl sites for hydroxylation is 2. The lowest BCUT2D eigenvalue weighted by molar-refractivity contribution is -0.135. The van der Waals surface area contributed by atoms with Gasteiger partial charge in [0.05, 0.1) is 12.1 Å². The van der Waals surface area contributed by atoms with Gasteiger partial charge in [-0.25, -0.2) is 0 Å². The molecular formula is C15H22ClN3O2. The van der Waals surface area contributed by atoms with E-state index in [2.05, 4.69) is 5.32 Å². The van der Waals surface area contributed by atoms with Gasteiger partial charge in [0.1, 0.15) is 0 Å². The van der Waals surface area contributed by atoms with Crippen LogP contribution in [0.5, 0.6) is 0 Å². The van der Waals surface area contributed by atoms with Crippen molar-refractivity contribution in [2.24, 2.45) is 5.73 Å². The number of hydrogen-bond donors (Lipinski definition) is 2. The number of rotatable bonds is 4. The third kappa shape index (κ3) is 3.95. The van der Waals surface area contributed by atoms with E-state index in [0.717, 1.165) is 16.8 Å². The Morgan fingerprint density at radius 3 is 2.29 bits per heavy atom. The van der Waals surface area contributed by atoms with E-state index in [1.165, 1.54) is 4.90 Å². The van der Waals surface area contributed by atoms with Crippen LogP contribution in [0.4, 0.5) is 5.69 Å². The standard InChI is InChI=1S/C15H21N3O2.ClH/c1-10-5-4-6-11(2)13(10)17-12(19)9-18(3)14(20)15(16)7-8-15;/h4-6H,7-9,16H2,1-3H3,(H,17,19);1H. The molecule has 0 atom stereocenters. The fourth-order valence-corrected chi connectivity index (χ4v) is 2.21. The van der Waals surface area contributed by atoms with Gasteiger partial charge in [-0.1, -0.05) is 18.2 Å². The lowest BCUT2D eigenvalue weighted by atomic mass is 10.1. The maximum absolute atomic E-state index is 12.0. The Bertz CT molecular complexity index is 536. The Labute approximate surface area is 131 Å². The number of anilines is 1. The first-order chi connectivity index (χ1) is 9.33. The maximum atomic E-state index is 12.0. The summed E-state index contributed by atoms with van der Waals surface area (Å²) in [4.78, 5) is 25.4. The fourth-order valence-electron chi connectivity index (χ4n) is 2.21. The Hall–Kier alpha value is -1.59. The SMILES string of the molecule is Cc1cccc(C)c1NC(=O)CN(C)C(=O)C1(N)CC1.Cl. The van der Waals surface area contributed by atoms with Gasteiger partial charge in [-0.2, -0.15) is 0 Å². The molecule has 6 heteroatoms. The van der Waals surface area contributed by atoms with Gasteiger partial charge in [0.25, 0.3) is 0 Å². The van der Waals surface area contributed by atoms with Crippen LogP contribution in [-0.4, -0.2) is 35.8 Å². The highest BCUT2D eigenvalue weighted by atomic mass is 35.5. The zero-order valence-electron chi connectivity index (χ0n) is 12.6. The summed E-state index contributed by atoms with van der Waals surface area (Å²) in [5.74, 6) is -0.364. The van der Waals surface area contributed by atoms with Crippen molar-refractivity contribution in [1.82, 2.24) is 4.90 Å². The lowest BCUT2D eigenvalue weighted by Gasteiger charge is -2.21. The second-order valence-electron chi connectivity index (χ2n) is 5.63. The molecular weight excluding hydrogens is 290 g/mol. The van der Waals surface area contributed by atoms with Gasteiger partial charge in [-0.3, -0.25) is 9.59 Å². The van der Waals surface area contributed by atoms with Gasteiger partial charge in [-0.15, -0.1) is 12.4 Å². The van der Waals surface area contributed by atoms with E-state index in [4.69, 9.17) is 5.73 Å². The number of amides is 2. The molecule has 0 saturated heterocycles. The molecule has 0 aliphatic heterocycles. The van der Waals surface area contributed by atoms with Crippen molar-refractivity contribution in [2.75, 3.05) is 18.9 Å². The molecule has 0 heterocycles. The smallest absolute Gasteiger partial charge is 0.243 e. The van der Waals surface area contributed by atoms with E-state index < -0.39 is 5.54 Å². The van der Waals surface area contributed by atoms with E-state index in [-0.39, 0.29) is 30.8 Å². The molecule has 2 rings (SSSR count). The molecule has 0 bridgehead atoms. The molecule has 116 valence electrons. The molecule has 0 unspecified atom stereocenters. The molecule has 21 heavy (non-hydrogen) atoms. The Balaban J connectivity index is 0.00000220. The van der Waals surface area contributed by atoms with Crippen LogP contribution in [0.2, 0.25) is 0 Å². The van der Waals surface area contributed by atoms with Crippen molar-refractivity contribution in [3.63, 3.8) is 0 Å². The van der Waals surface area contributed by atoms with Crippen LogP contribution in [0.1, 0.15) is 24.0 Å². The van der Waals surface area contributed by atoms with E-state index in [1.807, 2.05) is 32.0 Å². The number of nitrogens with two attached hydrogens (primary N) is 1. The molecule has 0 aromatic heterocycles. The topological polar surface area (TPSA) is 75.4 Å². The van der Waals surface area contributed by atoms with Gasteiger partial charge in [0, 0.05) is 12.7 Å². The minimum absolute atomic E-state index is 0. The summed E-state index contributed by atoms with van der Waals surface area (Å²) in [6.07, 6.45) is 1.41. The van der Waals surface area contributed by atoms with Crippen LogP contribution in [0.15, 0.2) is 18.2 Å². The number of halogens is 1. The Morgan fingerprint density at radius 2 is 1.81 bits per heavy atom. The quantitative estimate of drug-likeness (QED) is 0.887. The summed E-state index contributed by atoms with van der Waals surface area (Å²) in [7, 11) is 1.61. The molecule has 1 aromatic rings. The number of hydrogen-bond acceptors (Lipinski definition) is 3. The highest BCUT2D eigenvalue weighted by Gasteiger charge is 2.47. The first-order valence-electron chi connectivity index (χ1n) is 6.74. The van der Waals surface area contributed by atoms with Gasteiger partial charge >= 0.3 is 0 Å². The molecule has 1 fully saturated rings. The largest absolute Gasteiger partial charge is 0.335 e. The van der Waals surface area contributed by atoms with Gasteiger partial charge in [0.2, 0.25) is 11.8 Å². The average molecular weight is 312 g/mol. The molecule has 1 aromatic carbocycles. The van der Waals surface area contributed by atoms with E-state index in [9.17, 15) is 9.59 Å². The van der Waals surface area contributed by atoms with Crippen LogP contribution in [-0.2, 0) is 9.59 Å². The van der Waals surface area contributed by atoms with E-state index >= 15 is 0 Å². The molecule has 3 N–H and O–H groups in total.